The van der Waals surface area contributed by atoms with Gasteiger partial charge in [0.05, 0.1) is 5.41 Å². The second kappa shape index (κ2) is 13.6. The molecule has 0 saturated carbocycles. The Morgan fingerprint density at radius 3 is 1.83 bits per heavy atom. The van der Waals surface area contributed by atoms with Crippen LogP contribution in [-0.2, 0) is 5.41 Å². The fourth-order valence-electron chi connectivity index (χ4n) is 10.4. The van der Waals surface area contributed by atoms with Crippen LogP contribution in [0.3, 0.4) is 0 Å². The second-order valence-electron chi connectivity index (χ2n) is 15.9. The Bertz CT molecular complexity index is 3250. The van der Waals surface area contributed by atoms with E-state index in [4.69, 9.17) is 0 Å². The number of allylic oxidation sites excluding steroid dienone is 4. The van der Waals surface area contributed by atoms with E-state index >= 15 is 0 Å². The van der Waals surface area contributed by atoms with Gasteiger partial charge >= 0.3 is 0 Å². The maximum Gasteiger partial charge on any atom is 0.0713 e. The summed E-state index contributed by atoms with van der Waals surface area (Å²) >= 11 is 1.89. The number of hydrogen-bond donors (Lipinski definition) is 0. The van der Waals surface area contributed by atoms with Gasteiger partial charge < -0.3 is 4.90 Å². The molecule has 1 atom stereocenters. The lowest BCUT2D eigenvalue weighted by molar-refractivity contribution is 0.768. The molecule has 1 nitrogen and oxygen atoms in total. The van der Waals surface area contributed by atoms with Crippen LogP contribution in [0.15, 0.2) is 218 Å². The van der Waals surface area contributed by atoms with Crippen LogP contribution in [0.4, 0.5) is 11.4 Å². The van der Waals surface area contributed by atoms with Crippen molar-refractivity contribution < 1.29 is 0 Å². The zero-order chi connectivity index (χ0) is 38.9. The minimum Gasteiger partial charge on any atom is -0.314 e. The Kier molecular flexibility index (Phi) is 7.83. The van der Waals surface area contributed by atoms with Gasteiger partial charge in [-0.1, -0.05) is 188 Å². The molecule has 0 N–H and O–H groups in total. The van der Waals surface area contributed by atoms with E-state index in [1.54, 1.807) is 0 Å². The van der Waals surface area contributed by atoms with Crippen LogP contribution in [0.5, 0.6) is 0 Å². The molecule has 0 aliphatic heterocycles. The van der Waals surface area contributed by atoms with Gasteiger partial charge in [-0.25, -0.2) is 0 Å². The molecule has 0 spiro atoms. The van der Waals surface area contributed by atoms with Crippen molar-refractivity contribution in [1.29, 1.82) is 0 Å². The van der Waals surface area contributed by atoms with Crippen molar-refractivity contribution in [3.05, 3.63) is 251 Å². The van der Waals surface area contributed by atoms with E-state index < -0.39 is 5.41 Å². The Morgan fingerprint density at radius 2 is 1.07 bits per heavy atom. The molecule has 278 valence electrons. The molecule has 1 aromatic heterocycles. The van der Waals surface area contributed by atoms with Crippen LogP contribution in [0.1, 0.15) is 28.7 Å². The average Bonchev–Trinajstić information content (AvgIpc) is 3.84. The minimum atomic E-state index is -0.444. The summed E-state index contributed by atoms with van der Waals surface area (Å²) in [6, 6.07) is 72.4. The maximum atomic E-state index is 2.53. The number of anilines is 2. The molecule has 12 rings (SSSR count). The minimum absolute atomic E-state index is 0.310. The van der Waals surface area contributed by atoms with E-state index in [1.165, 1.54) is 86.4 Å². The molecule has 59 heavy (non-hydrogen) atoms. The van der Waals surface area contributed by atoms with Gasteiger partial charge in [0.1, 0.15) is 0 Å². The summed E-state index contributed by atoms with van der Waals surface area (Å²) in [6.07, 6.45) is 9.99. The average molecular weight is 770 g/mol. The van der Waals surface area contributed by atoms with Gasteiger partial charge in [0.2, 0.25) is 0 Å². The molecule has 0 saturated heterocycles. The Balaban J connectivity index is 1.05. The molecule has 0 amide bonds. The summed E-state index contributed by atoms with van der Waals surface area (Å²) in [5.41, 5.74) is 14.9. The molecule has 3 aliphatic rings. The smallest absolute Gasteiger partial charge is 0.0713 e. The lowest BCUT2D eigenvalue weighted by Gasteiger charge is -2.35. The van der Waals surface area contributed by atoms with E-state index in [0.29, 0.717) is 5.92 Å². The van der Waals surface area contributed by atoms with Gasteiger partial charge in [-0.05, 0) is 92.1 Å². The van der Waals surface area contributed by atoms with Crippen molar-refractivity contribution in [2.45, 2.75) is 11.8 Å². The number of nitrogens with zero attached hydrogens (tertiary/aromatic N) is 1. The van der Waals surface area contributed by atoms with E-state index in [-0.39, 0.29) is 0 Å². The second-order valence-corrected chi connectivity index (χ2v) is 17.0. The zero-order valence-corrected chi connectivity index (χ0v) is 33.2. The predicted molar refractivity (Wildman–Crippen MR) is 250 cm³/mol. The van der Waals surface area contributed by atoms with Crippen molar-refractivity contribution >= 4 is 54.2 Å². The van der Waals surface area contributed by atoms with Gasteiger partial charge in [-0.15, -0.1) is 11.3 Å². The summed E-state index contributed by atoms with van der Waals surface area (Å²) < 4.78 is 2.67. The van der Waals surface area contributed by atoms with Crippen molar-refractivity contribution in [1.82, 2.24) is 0 Å². The van der Waals surface area contributed by atoms with Crippen LogP contribution in [0.2, 0.25) is 0 Å². The Labute approximate surface area is 348 Å². The number of hydrogen-bond acceptors (Lipinski definition) is 2. The molecule has 2 heteroatoms. The molecule has 1 heterocycles. The summed E-state index contributed by atoms with van der Waals surface area (Å²) in [5.74, 6) is 0.310. The summed E-state index contributed by atoms with van der Waals surface area (Å²) in [5, 5.41) is 5.26. The van der Waals surface area contributed by atoms with Crippen molar-refractivity contribution in [3.8, 4) is 22.3 Å². The molecule has 0 fully saturated rings. The quantitative estimate of drug-likeness (QED) is 0.163. The normalized spacial score (nSPS) is 15.8. The van der Waals surface area contributed by atoms with Crippen LogP contribution >= 0.6 is 11.3 Å². The third-order valence-corrected chi connectivity index (χ3v) is 14.1. The predicted octanol–water partition coefficient (Wildman–Crippen LogP) is 13.3. The fraction of sp³-hybridized carbons (Fsp3) is 0.0526. The third kappa shape index (κ3) is 5.16. The fourth-order valence-corrected chi connectivity index (χ4v) is 11.6. The maximum absolute atomic E-state index is 2.53. The highest BCUT2D eigenvalue weighted by atomic mass is 32.1. The van der Waals surface area contributed by atoms with Crippen molar-refractivity contribution in [2.75, 3.05) is 4.90 Å². The van der Waals surface area contributed by atoms with Gasteiger partial charge in [0.15, 0.2) is 0 Å². The van der Waals surface area contributed by atoms with E-state index in [0.717, 1.165) is 17.8 Å². The first kappa shape index (κ1) is 34.1. The van der Waals surface area contributed by atoms with Gasteiger partial charge in [-0.2, -0.15) is 0 Å². The van der Waals surface area contributed by atoms with Gasteiger partial charge in [0, 0.05) is 48.4 Å². The Morgan fingerprint density at radius 1 is 0.475 bits per heavy atom. The van der Waals surface area contributed by atoms with Crippen LogP contribution in [0.25, 0.3) is 53.7 Å². The van der Waals surface area contributed by atoms with Crippen molar-refractivity contribution in [3.63, 3.8) is 0 Å². The highest BCUT2D eigenvalue weighted by molar-refractivity contribution is 7.26. The molecular weight excluding hydrogens is 731 g/mol. The van der Waals surface area contributed by atoms with Gasteiger partial charge in [-0.3, -0.25) is 0 Å². The first-order valence-electron chi connectivity index (χ1n) is 20.6. The third-order valence-electron chi connectivity index (χ3n) is 12.9. The highest BCUT2D eigenvalue weighted by Crippen LogP contribution is 2.56. The molecule has 1 unspecified atom stereocenters. The van der Waals surface area contributed by atoms with Crippen molar-refractivity contribution in [2.24, 2.45) is 5.92 Å². The largest absolute Gasteiger partial charge is 0.314 e. The van der Waals surface area contributed by atoms with Crippen LogP contribution < -0.4 is 15.3 Å². The number of thiophene rings is 1. The summed E-state index contributed by atoms with van der Waals surface area (Å²) in [6.45, 7) is 0. The van der Waals surface area contributed by atoms with E-state index in [9.17, 15) is 0 Å². The number of fused-ring (bicyclic) bond motifs is 8. The Hall–Kier alpha value is -7.00. The highest BCUT2D eigenvalue weighted by Gasteiger charge is 2.45. The SMILES string of the molecule is C1=CC2=c3ccccc3=C(N(c3ccc(-c4cccc5c4sc4ccccc45)cc3)c3ccc(C4(c5ccccc5)c5ccccc5-c5ccccc54)cc3)CC2C=C1. The van der Waals surface area contributed by atoms with Crippen LogP contribution in [0, 0.1) is 5.92 Å². The molecule has 9 aromatic rings. The zero-order valence-electron chi connectivity index (χ0n) is 32.4. The van der Waals surface area contributed by atoms with E-state index in [1.807, 2.05) is 11.3 Å². The summed E-state index contributed by atoms with van der Waals surface area (Å²) in [4.78, 5) is 2.53. The standard InChI is InChI=1S/C57H39NS/c1-2-16-40(17-3-1)57(52-26-11-8-20-47(52)48-21-9-12-27-53(48)57)41-31-35-43(36-32-41)58(54-37-39-15-4-5-18-44(39)46-19-6-7-22-49(46)54)42-33-29-38(30-34-42)45-24-14-25-51-50-23-10-13-28-55(50)59-56(45)51/h1-36,39H,37H2. The molecule has 3 aliphatic carbocycles. The molecular formula is C57H39NS. The van der Waals surface area contributed by atoms with Gasteiger partial charge in [0.25, 0.3) is 0 Å². The lowest BCUT2D eigenvalue weighted by atomic mass is 9.67. The van der Waals surface area contributed by atoms with E-state index in [2.05, 4.69) is 223 Å². The molecule has 0 radical (unpaired) electrons. The monoisotopic (exact) mass is 769 g/mol. The summed E-state index contributed by atoms with van der Waals surface area (Å²) in [7, 11) is 0. The first-order chi connectivity index (χ1) is 29.3. The van der Waals surface area contributed by atoms with Crippen LogP contribution in [-0.4, -0.2) is 0 Å². The topological polar surface area (TPSA) is 3.24 Å². The number of rotatable bonds is 6. The first-order valence-corrected chi connectivity index (χ1v) is 21.4. The molecule has 8 aromatic carbocycles. The molecule has 0 bridgehead atoms. The lowest BCUT2D eigenvalue weighted by Crippen LogP contribution is -2.39. The number of benzene rings is 8.